The third-order valence-electron chi connectivity index (χ3n) is 2.23. The molecular formula is C10H9FN4O2. The number of anilines is 1. The average Bonchev–Trinajstić information content (AvgIpc) is 2.64. The number of hydrogen-bond donors (Lipinski definition) is 2. The molecule has 0 unspecified atom stereocenters. The molecule has 3 N–H and O–H groups in total. The molecule has 0 amide bonds. The standard InChI is InChI=1S/C10H9FN4O2/c11-8-2-1-6(3-13-8)5-15-9(12)7(4-14-15)10(16)17/h1-4H,5,12H2,(H,16,17). The molecule has 0 saturated heterocycles. The number of carbonyl (C=O) groups is 1. The molecule has 0 saturated carbocycles. The van der Waals surface area contributed by atoms with Crippen molar-refractivity contribution in [2.24, 2.45) is 0 Å². The molecule has 2 rings (SSSR count). The van der Waals surface area contributed by atoms with Crippen LogP contribution in [-0.4, -0.2) is 25.8 Å². The van der Waals surface area contributed by atoms with Crippen LogP contribution in [0.4, 0.5) is 10.2 Å². The molecule has 0 fully saturated rings. The predicted octanol–water partition coefficient (Wildman–Crippen LogP) is 0.746. The second kappa shape index (κ2) is 4.20. The number of carboxylic acid groups (broad SMARTS) is 1. The SMILES string of the molecule is Nc1c(C(=O)O)cnn1Cc1ccc(F)nc1. The highest BCUT2D eigenvalue weighted by atomic mass is 19.1. The lowest BCUT2D eigenvalue weighted by Crippen LogP contribution is -2.08. The zero-order chi connectivity index (χ0) is 12.4. The van der Waals surface area contributed by atoms with Crippen molar-refractivity contribution < 1.29 is 14.3 Å². The molecular weight excluding hydrogens is 227 g/mol. The first-order valence-electron chi connectivity index (χ1n) is 4.73. The van der Waals surface area contributed by atoms with Gasteiger partial charge in [0.25, 0.3) is 0 Å². The molecule has 0 bridgehead atoms. The van der Waals surface area contributed by atoms with E-state index >= 15 is 0 Å². The van der Waals surface area contributed by atoms with Crippen molar-refractivity contribution in [2.45, 2.75) is 6.54 Å². The topological polar surface area (TPSA) is 94.0 Å². The van der Waals surface area contributed by atoms with Gasteiger partial charge < -0.3 is 10.8 Å². The van der Waals surface area contributed by atoms with Gasteiger partial charge in [-0.25, -0.2) is 14.5 Å². The number of hydrogen-bond acceptors (Lipinski definition) is 4. The fraction of sp³-hybridized carbons (Fsp3) is 0.100. The van der Waals surface area contributed by atoms with Crippen LogP contribution in [0.3, 0.4) is 0 Å². The first-order chi connectivity index (χ1) is 8.08. The summed E-state index contributed by atoms with van der Waals surface area (Å²) in [6.07, 6.45) is 2.52. The first kappa shape index (κ1) is 11.1. The van der Waals surface area contributed by atoms with Gasteiger partial charge in [0, 0.05) is 6.20 Å². The molecule has 2 aromatic rings. The highest BCUT2D eigenvalue weighted by Gasteiger charge is 2.13. The summed E-state index contributed by atoms with van der Waals surface area (Å²) >= 11 is 0. The molecule has 0 aliphatic heterocycles. The summed E-state index contributed by atoms with van der Waals surface area (Å²) < 4.78 is 13.9. The van der Waals surface area contributed by atoms with Gasteiger partial charge in [0.1, 0.15) is 11.4 Å². The minimum absolute atomic E-state index is 0.0555. The van der Waals surface area contributed by atoms with Gasteiger partial charge in [0.05, 0.1) is 12.7 Å². The van der Waals surface area contributed by atoms with Gasteiger partial charge in [-0.15, -0.1) is 0 Å². The van der Waals surface area contributed by atoms with Crippen molar-refractivity contribution in [1.29, 1.82) is 0 Å². The molecule has 0 radical (unpaired) electrons. The third-order valence-corrected chi connectivity index (χ3v) is 2.23. The lowest BCUT2D eigenvalue weighted by Gasteiger charge is -2.04. The molecule has 0 aromatic carbocycles. The predicted molar refractivity (Wildman–Crippen MR) is 56.9 cm³/mol. The normalized spacial score (nSPS) is 10.4. The van der Waals surface area contributed by atoms with Crippen LogP contribution in [0.15, 0.2) is 24.5 Å². The first-order valence-corrected chi connectivity index (χ1v) is 4.73. The molecule has 17 heavy (non-hydrogen) atoms. The van der Waals surface area contributed by atoms with E-state index in [1.807, 2.05) is 0 Å². The van der Waals surface area contributed by atoms with Gasteiger partial charge in [-0.3, -0.25) is 0 Å². The van der Waals surface area contributed by atoms with Crippen LogP contribution >= 0.6 is 0 Å². The van der Waals surface area contributed by atoms with E-state index in [9.17, 15) is 9.18 Å². The zero-order valence-electron chi connectivity index (χ0n) is 8.67. The van der Waals surface area contributed by atoms with Crippen molar-refractivity contribution in [1.82, 2.24) is 14.8 Å². The largest absolute Gasteiger partial charge is 0.477 e. The van der Waals surface area contributed by atoms with Crippen LogP contribution in [0.25, 0.3) is 0 Å². The maximum atomic E-state index is 12.6. The van der Waals surface area contributed by atoms with E-state index in [1.165, 1.54) is 29.2 Å². The minimum atomic E-state index is -1.13. The monoisotopic (exact) mass is 236 g/mol. The maximum Gasteiger partial charge on any atom is 0.341 e. The van der Waals surface area contributed by atoms with Crippen LogP contribution in [0.5, 0.6) is 0 Å². The Labute approximate surface area is 95.5 Å². The number of carboxylic acids is 1. The molecule has 2 heterocycles. The second-order valence-corrected chi connectivity index (χ2v) is 3.40. The summed E-state index contributed by atoms with van der Waals surface area (Å²) in [7, 11) is 0. The van der Waals surface area contributed by atoms with Gasteiger partial charge in [-0.2, -0.15) is 9.49 Å². The van der Waals surface area contributed by atoms with Crippen molar-refractivity contribution >= 4 is 11.8 Å². The number of aromatic nitrogens is 3. The van der Waals surface area contributed by atoms with Gasteiger partial charge in [-0.05, 0) is 11.6 Å². The summed E-state index contributed by atoms with van der Waals surface area (Å²) in [5, 5.41) is 12.6. The number of rotatable bonds is 3. The molecule has 2 aromatic heterocycles. The van der Waals surface area contributed by atoms with Crippen LogP contribution in [0, 0.1) is 5.95 Å². The molecule has 7 heteroatoms. The Morgan fingerprint density at radius 1 is 1.47 bits per heavy atom. The van der Waals surface area contributed by atoms with Crippen LogP contribution in [0.2, 0.25) is 0 Å². The third kappa shape index (κ3) is 2.22. The Bertz CT molecular complexity index is 550. The van der Waals surface area contributed by atoms with Crippen molar-refractivity contribution in [3.63, 3.8) is 0 Å². The molecule has 0 atom stereocenters. The van der Waals surface area contributed by atoms with Gasteiger partial charge >= 0.3 is 5.97 Å². The highest BCUT2D eigenvalue weighted by molar-refractivity contribution is 5.92. The van der Waals surface area contributed by atoms with E-state index in [2.05, 4.69) is 10.1 Å². The van der Waals surface area contributed by atoms with E-state index in [0.717, 1.165) is 0 Å². The smallest absolute Gasteiger partial charge is 0.341 e. The van der Waals surface area contributed by atoms with Crippen molar-refractivity contribution in [2.75, 3.05) is 5.73 Å². The second-order valence-electron chi connectivity index (χ2n) is 3.40. The van der Waals surface area contributed by atoms with Gasteiger partial charge in [0.15, 0.2) is 0 Å². The number of nitrogens with two attached hydrogens (primary N) is 1. The Balaban J connectivity index is 2.24. The molecule has 0 aliphatic rings. The summed E-state index contributed by atoms with van der Waals surface area (Å²) in [5.41, 5.74) is 6.23. The van der Waals surface area contributed by atoms with E-state index in [0.29, 0.717) is 5.56 Å². The van der Waals surface area contributed by atoms with Gasteiger partial charge in [0.2, 0.25) is 5.95 Å². The Kier molecular flexibility index (Phi) is 2.73. The Morgan fingerprint density at radius 2 is 2.24 bits per heavy atom. The van der Waals surface area contributed by atoms with E-state index in [4.69, 9.17) is 10.8 Å². The van der Waals surface area contributed by atoms with Crippen LogP contribution < -0.4 is 5.73 Å². The molecule has 0 aliphatic carbocycles. The van der Waals surface area contributed by atoms with Gasteiger partial charge in [-0.1, -0.05) is 6.07 Å². The number of nitrogens with zero attached hydrogens (tertiary/aromatic N) is 3. The molecule has 88 valence electrons. The minimum Gasteiger partial charge on any atom is -0.477 e. The van der Waals surface area contributed by atoms with Crippen molar-refractivity contribution in [3.05, 3.63) is 41.6 Å². The summed E-state index contributed by atoms with van der Waals surface area (Å²) in [6, 6.07) is 2.75. The Morgan fingerprint density at radius 3 is 2.76 bits per heavy atom. The Hall–Kier alpha value is -2.44. The van der Waals surface area contributed by atoms with Crippen LogP contribution in [-0.2, 0) is 6.54 Å². The van der Waals surface area contributed by atoms with E-state index < -0.39 is 11.9 Å². The fourth-order valence-corrected chi connectivity index (χ4v) is 1.36. The lowest BCUT2D eigenvalue weighted by molar-refractivity contribution is 0.0698. The molecule has 0 spiro atoms. The van der Waals surface area contributed by atoms with E-state index in [1.54, 1.807) is 0 Å². The summed E-state index contributed by atoms with van der Waals surface area (Å²) in [4.78, 5) is 14.2. The summed E-state index contributed by atoms with van der Waals surface area (Å²) in [5.74, 6) is -1.65. The van der Waals surface area contributed by atoms with Crippen molar-refractivity contribution in [3.8, 4) is 0 Å². The quantitative estimate of drug-likeness (QED) is 0.767. The van der Waals surface area contributed by atoms with Crippen LogP contribution in [0.1, 0.15) is 15.9 Å². The summed E-state index contributed by atoms with van der Waals surface area (Å²) in [6.45, 7) is 0.242. The maximum absolute atomic E-state index is 12.6. The number of nitrogen functional groups attached to an aromatic ring is 1. The number of halogens is 1. The number of pyridine rings is 1. The zero-order valence-corrected chi connectivity index (χ0v) is 8.67. The number of aromatic carboxylic acids is 1. The average molecular weight is 236 g/mol. The molecule has 6 nitrogen and oxygen atoms in total. The lowest BCUT2D eigenvalue weighted by atomic mass is 10.3. The highest BCUT2D eigenvalue weighted by Crippen LogP contribution is 2.12. The van der Waals surface area contributed by atoms with E-state index in [-0.39, 0.29) is 17.9 Å². The fourth-order valence-electron chi connectivity index (χ4n) is 1.36.